The van der Waals surface area contributed by atoms with E-state index in [1.54, 1.807) is 25.7 Å². The fraction of sp³-hybridized carbons (Fsp3) is 0.167. The molecule has 32 heavy (non-hydrogen) atoms. The molecule has 0 aliphatic carbocycles. The third-order valence-electron chi connectivity index (χ3n) is 4.80. The second-order valence-electron chi connectivity index (χ2n) is 6.76. The van der Waals surface area contributed by atoms with Crippen LogP contribution in [0.5, 0.6) is 5.75 Å². The molecule has 164 valence electrons. The van der Waals surface area contributed by atoms with Crippen LogP contribution in [-0.4, -0.2) is 50.0 Å². The molecule has 1 aliphatic heterocycles. The van der Waals surface area contributed by atoms with E-state index in [1.807, 2.05) is 60.5 Å². The van der Waals surface area contributed by atoms with Crippen molar-refractivity contribution in [2.24, 2.45) is 15.0 Å². The summed E-state index contributed by atoms with van der Waals surface area (Å²) in [5, 5.41) is 6.53. The van der Waals surface area contributed by atoms with Crippen molar-refractivity contribution in [3.05, 3.63) is 83.7 Å². The summed E-state index contributed by atoms with van der Waals surface area (Å²) in [6.45, 7) is 10.3. The van der Waals surface area contributed by atoms with Crippen molar-refractivity contribution in [3.8, 4) is 5.75 Å². The molecular formula is C24H27N7O. The number of nitrogens with one attached hydrogen (secondary N) is 2. The second-order valence-corrected chi connectivity index (χ2v) is 6.76. The topological polar surface area (TPSA) is 86.5 Å². The normalized spacial score (nSPS) is 14.2. The molecule has 8 nitrogen and oxygen atoms in total. The van der Waals surface area contributed by atoms with Crippen LogP contribution in [0.3, 0.4) is 0 Å². The molecule has 1 aliphatic rings. The molecule has 3 rings (SSSR count). The highest BCUT2D eigenvalue weighted by atomic mass is 16.5. The van der Waals surface area contributed by atoms with Crippen molar-refractivity contribution in [1.29, 1.82) is 0 Å². The molecule has 0 saturated heterocycles. The summed E-state index contributed by atoms with van der Waals surface area (Å²) in [4.78, 5) is 19.1. The van der Waals surface area contributed by atoms with Crippen LogP contribution in [0, 0.1) is 0 Å². The molecule has 1 aromatic carbocycles. The first kappa shape index (κ1) is 22.5. The molecule has 8 heteroatoms. The van der Waals surface area contributed by atoms with Gasteiger partial charge in [-0.05, 0) is 62.8 Å². The Kier molecular flexibility index (Phi) is 7.91. The number of rotatable bonds is 10. The molecular weight excluding hydrogens is 402 g/mol. The minimum absolute atomic E-state index is 0.417. The fourth-order valence-corrected chi connectivity index (χ4v) is 3.17. The molecule has 0 bridgehead atoms. The summed E-state index contributed by atoms with van der Waals surface area (Å²) < 4.78 is 5.18. The van der Waals surface area contributed by atoms with E-state index in [1.165, 1.54) is 0 Å². The molecule has 2 aromatic rings. The summed E-state index contributed by atoms with van der Waals surface area (Å²) in [6.07, 6.45) is 9.08. The predicted molar refractivity (Wildman–Crippen MR) is 132 cm³/mol. The Morgan fingerprint density at radius 1 is 1.22 bits per heavy atom. The average molecular weight is 430 g/mol. The Hall–Kier alpha value is -4.20. The molecule has 0 amide bonds. The smallest absolute Gasteiger partial charge is 0.119 e. The van der Waals surface area contributed by atoms with Gasteiger partial charge < -0.3 is 20.3 Å². The Balaban J connectivity index is 1.80. The van der Waals surface area contributed by atoms with Crippen molar-refractivity contribution >= 4 is 31.0 Å². The number of aromatic nitrogens is 1. The second kappa shape index (κ2) is 11.3. The van der Waals surface area contributed by atoms with Crippen LogP contribution in [0.2, 0.25) is 0 Å². The molecule has 1 aromatic heterocycles. The van der Waals surface area contributed by atoms with Gasteiger partial charge in [0.25, 0.3) is 0 Å². The Labute approximate surface area is 188 Å². The van der Waals surface area contributed by atoms with E-state index in [4.69, 9.17) is 4.74 Å². The number of methoxy groups -OCH3 is 1. The number of hydrogen-bond donors (Lipinski definition) is 2. The molecule has 0 unspecified atom stereocenters. The summed E-state index contributed by atoms with van der Waals surface area (Å²) in [5.74, 6) is 0.811. The van der Waals surface area contributed by atoms with Gasteiger partial charge >= 0.3 is 0 Å². The lowest BCUT2D eigenvalue weighted by Crippen LogP contribution is -2.27. The van der Waals surface area contributed by atoms with E-state index >= 15 is 0 Å². The minimum Gasteiger partial charge on any atom is -0.497 e. The first-order chi connectivity index (χ1) is 15.7. The zero-order valence-corrected chi connectivity index (χ0v) is 18.3. The highest BCUT2D eigenvalue weighted by Crippen LogP contribution is 2.31. The van der Waals surface area contributed by atoms with E-state index in [-0.39, 0.29) is 0 Å². The summed E-state index contributed by atoms with van der Waals surface area (Å²) in [7, 11) is 1.65. The summed E-state index contributed by atoms with van der Waals surface area (Å²) in [5.41, 5.74) is 4.96. The Bertz CT molecular complexity index is 1050. The number of allylic oxidation sites excluding steroid dienone is 2. The van der Waals surface area contributed by atoms with E-state index in [2.05, 4.69) is 44.0 Å². The SMILES string of the molecule is C=NC(=C\NCNc1ccc(OC)cc1)/C(=C(\C)N=C)N1CN=CC=C1c1cccnc1. The molecule has 0 saturated carbocycles. The summed E-state index contributed by atoms with van der Waals surface area (Å²) in [6, 6.07) is 11.6. The van der Waals surface area contributed by atoms with Crippen LogP contribution >= 0.6 is 0 Å². The molecule has 0 fully saturated rings. The summed E-state index contributed by atoms with van der Waals surface area (Å²) >= 11 is 0. The number of anilines is 1. The van der Waals surface area contributed by atoms with Crippen LogP contribution in [0.15, 0.2) is 93.1 Å². The van der Waals surface area contributed by atoms with E-state index in [0.29, 0.717) is 24.7 Å². The van der Waals surface area contributed by atoms with E-state index < -0.39 is 0 Å². The van der Waals surface area contributed by atoms with Gasteiger partial charge in [-0.2, -0.15) is 0 Å². The van der Waals surface area contributed by atoms with Crippen LogP contribution < -0.4 is 15.4 Å². The molecule has 0 atom stereocenters. The maximum atomic E-state index is 5.18. The highest BCUT2D eigenvalue weighted by Gasteiger charge is 2.22. The van der Waals surface area contributed by atoms with E-state index in [9.17, 15) is 0 Å². The van der Waals surface area contributed by atoms with Gasteiger partial charge in [0.05, 0.1) is 30.9 Å². The monoisotopic (exact) mass is 429 g/mol. The molecule has 2 N–H and O–H groups in total. The molecule has 0 radical (unpaired) electrons. The van der Waals surface area contributed by atoms with Crippen molar-refractivity contribution in [2.45, 2.75) is 6.92 Å². The number of nitrogens with zero attached hydrogens (tertiary/aromatic N) is 5. The van der Waals surface area contributed by atoms with Crippen molar-refractivity contribution in [1.82, 2.24) is 15.2 Å². The van der Waals surface area contributed by atoms with Crippen molar-refractivity contribution < 1.29 is 4.74 Å². The number of aliphatic imine (C=N–C) groups is 3. The quantitative estimate of drug-likeness (QED) is 0.259. The zero-order valence-electron chi connectivity index (χ0n) is 18.3. The van der Waals surface area contributed by atoms with Gasteiger partial charge in [-0.1, -0.05) is 0 Å². The maximum absolute atomic E-state index is 5.18. The molecule has 0 spiro atoms. The average Bonchev–Trinajstić information content (AvgIpc) is 2.86. The standard InChI is InChI=1S/C24H27N7O/c1-18(25-2)24(31-17-28-13-11-23(31)19-6-5-12-27-14-19)22(26-3)15-29-16-30-20-7-9-21(32-4)10-8-20/h5-15,29-30H,2-3,16-17H2,1,4H3/b22-15-,24-18-. The third-order valence-corrected chi connectivity index (χ3v) is 4.80. The minimum atomic E-state index is 0.417. The van der Waals surface area contributed by atoms with E-state index in [0.717, 1.165) is 28.4 Å². The van der Waals surface area contributed by atoms with Gasteiger partial charge in [0.15, 0.2) is 0 Å². The maximum Gasteiger partial charge on any atom is 0.119 e. The number of ether oxygens (including phenoxy) is 1. The largest absolute Gasteiger partial charge is 0.497 e. The number of pyridine rings is 1. The fourth-order valence-electron chi connectivity index (χ4n) is 3.17. The first-order valence-electron chi connectivity index (χ1n) is 10.0. The van der Waals surface area contributed by atoms with Gasteiger partial charge in [-0.15, -0.1) is 0 Å². The third kappa shape index (κ3) is 5.48. The zero-order chi connectivity index (χ0) is 22.8. The number of hydrogen-bond acceptors (Lipinski definition) is 8. The van der Waals surface area contributed by atoms with Gasteiger partial charge in [0.2, 0.25) is 0 Å². The lowest BCUT2D eigenvalue weighted by Gasteiger charge is -2.31. The van der Waals surface area contributed by atoms with Crippen LogP contribution in [0.4, 0.5) is 5.69 Å². The highest BCUT2D eigenvalue weighted by molar-refractivity contribution is 5.86. The lowest BCUT2D eigenvalue weighted by atomic mass is 10.1. The first-order valence-corrected chi connectivity index (χ1v) is 10.0. The lowest BCUT2D eigenvalue weighted by molar-refractivity contribution is 0.415. The van der Waals surface area contributed by atoms with Crippen LogP contribution in [0.25, 0.3) is 5.70 Å². The Morgan fingerprint density at radius 2 is 2.03 bits per heavy atom. The van der Waals surface area contributed by atoms with Gasteiger partial charge in [-0.3, -0.25) is 20.0 Å². The van der Waals surface area contributed by atoms with Crippen molar-refractivity contribution in [2.75, 3.05) is 25.8 Å². The van der Waals surface area contributed by atoms with Crippen LogP contribution in [0.1, 0.15) is 12.5 Å². The number of benzene rings is 1. The van der Waals surface area contributed by atoms with Gasteiger partial charge in [0, 0.05) is 36.1 Å². The van der Waals surface area contributed by atoms with Crippen molar-refractivity contribution in [3.63, 3.8) is 0 Å². The van der Waals surface area contributed by atoms with Crippen LogP contribution in [-0.2, 0) is 0 Å². The van der Waals surface area contributed by atoms with Gasteiger partial charge in [0.1, 0.15) is 18.1 Å². The predicted octanol–water partition coefficient (Wildman–Crippen LogP) is 3.91. The molecule has 2 heterocycles. The van der Waals surface area contributed by atoms with Gasteiger partial charge in [-0.25, -0.2) is 0 Å². The Morgan fingerprint density at radius 3 is 2.69 bits per heavy atom.